The zero-order valence-electron chi connectivity index (χ0n) is 13.7. The van der Waals surface area contributed by atoms with Crippen molar-refractivity contribution in [3.8, 4) is 5.75 Å². The molecule has 1 aromatic rings. The molecule has 21 heavy (non-hydrogen) atoms. The molecule has 0 fully saturated rings. The molecule has 120 valence electrons. The monoisotopic (exact) mass is 311 g/mol. The Morgan fingerprint density at radius 1 is 1.33 bits per heavy atom. The predicted molar refractivity (Wildman–Crippen MR) is 91.4 cm³/mol. The predicted octanol–water partition coefficient (Wildman–Crippen LogP) is 3.53. The third-order valence-corrected chi connectivity index (χ3v) is 4.81. The maximum absolute atomic E-state index is 12.3. The molecule has 3 nitrogen and oxygen atoms in total. The van der Waals surface area contributed by atoms with Gasteiger partial charge >= 0.3 is 0 Å². The van der Waals surface area contributed by atoms with E-state index in [0.717, 1.165) is 36.5 Å². The van der Waals surface area contributed by atoms with E-state index in [1.54, 1.807) is 7.11 Å². The van der Waals surface area contributed by atoms with Crippen molar-refractivity contribution in [1.82, 2.24) is 5.32 Å². The number of rotatable bonds is 10. The zero-order chi connectivity index (χ0) is 15.7. The highest BCUT2D eigenvalue weighted by Gasteiger charge is 2.15. The van der Waals surface area contributed by atoms with Gasteiger partial charge in [0.1, 0.15) is 5.75 Å². The van der Waals surface area contributed by atoms with Gasteiger partial charge in [0.25, 0.3) is 0 Å². The highest BCUT2D eigenvalue weighted by atomic mass is 32.2. The summed E-state index contributed by atoms with van der Waals surface area (Å²) >= 11 is 0. The molecule has 0 saturated carbocycles. The molecule has 0 aliphatic rings. The van der Waals surface area contributed by atoms with E-state index < -0.39 is 10.8 Å². The lowest BCUT2D eigenvalue weighted by Gasteiger charge is -2.19. The summed E-state index contributed by atoms with van der Waals surface area (Å²) in [6.45, 7) is 7.42. The highest BCUT2D eigenvalue weighted by molar-refractivity contribution is 7.85. The first-order valence-electron chi connectivity index (χ1n) is 7.79. The van der Waals surface area contributed by atoms with Crippen molar-refractivity contribution in [2.75, 3.05) is 25.2 Å². The second-order valence-corrected chi connectivity index (χ2v) is 7.40. The third-order valence-electron chi connectivity index (χ3n) is 3.41. The van der Waals surface area contributed by atoms with Crippen LogP contribution in [-0.2, 0) is 10.8 Å². The van der Waals surface area contributed by atoms with Gasteiger partial charge in [-0.15, -0.1) is 0 Å². The van der Waals surface area contributed by atoms with Crippen molar-refractivity contribution >= 4 is 10.8 Å². The topological polar surface area (TPSA) is 38.3 Å². The van der Waals surface area contributed by atoms with Crippen LogP contribution in [0, 0.1) is 5.92 Å². The van der Waals surface area contributed by atoms with Crippen LogP contribution in [0.1, 0.15) is 45.2 Å². The molecule has 2 atom stereocenters. The summed E-state index contributed by atoms with van der Waals surface area (Å²) in [4.78, 5) is 0. The Morgan fingerprint density at radius 2 is 2.10 bits per heavy atom. The first kappa shape index (κ1) is 18.2. The summed E-state index contributed by atoms with van der Waals surface area (Å²) in [5.74, 6) is 2.91. The second-order valence-electron chi connectivity index (χ2n) is 5.78. The number of hydrogen-bond acceptors (Lipinski definition) is 3. The fraction of sp³-hybridized carbons (Fsp3) is 0.647. The normalized spacial score (nSPS) is 14.1. The Kier molecular flexibility index (Phi) is 8.62. The number of benzene rings is 1. The lowest BCUT2D eigenvalue weighted by Crippen LogP contribution is -2.27. The molecule has 0 aromatic heterocycles. The van der Waals surface area contributed by atoms with Crippen molar-refractivity contribution < 1.29 is 8.95 Å². The minimum absolute atomic E-state index is 0.132. The van der Waals surface area contributed by atoms with E-state index >= 15 is 0 Å². The van der Waals surface area contributed by atoms with Crippen molar-refractivity contribution in [3.63, 3.8) is 0 Å². The van der Waals surface area contributed by atoms with E-state index in [0.29, 0.717) is 11.7 Å². The van der Waals surface area contributed by atoms with Crippen LogP contribution in [0.25, 0.3) is 0 Å². The highest BCUT2D eigenvalue weighted by Crippen LogP contribution is 2.20. The number of hydrogen-bond donors (Lipinski definition) is 1. The minimum Gasteiger partial charge on any atom is -0.497 e. The maximum atomic E-state index is 12.3. The van der Waals surface area contributed by atoms with E-state index in [1.807, 2.05) is 18.2 Å². The first-order valence-corrected chi connectivity index (χ1v) is 9.27. The second kappa shape index (κ2) is 9.96. The molecule has 0 aliphatic carbocycles. The maximum Gasteiger partial charge on any atom is 0.119 e. The molecular formula is C17H29NO2S. The Hall–Kier alpha value is -0.870. The summed E-state index contributed by atoms with van der Waals surface area (Å²) in [5.41, 5.74) is 1.15. The summed E-state index contributed by atoms with van der Waals surface area (Å²) in [7, 11) is 0.888. The SMILES string of the molecule is CCCNC(CS(=O)CCC(C)C)c1cccc(OC)c1. The molecule has 1 N–H and O–H groups in total. The Labute approximate surface area is 131 Å². The molecule has 0 amide bonds. The van der Waals surface area contributed by atoms with Gasteiger partial charge in [0.2, 0.25) is 0 Å². The van der Waals surface area contributed by atoms with Crippen LogP contribution in [0.2, 0.25) is 0 Å². The Bertz CT molecular complexity index is 435. The fourth-order valence-electron chi connectivity index (χ4n) is 2.09. The van der Waals surface area contributed by atoms with Crippen LogP contribution >= 0.6 is 0 Å². The van der Waals surface area contributed by atoms with Gasteiger partial charge in [-0.25, -0.2) is 0 Å². The quantitative estimate of drug-likeness (QED) is 0.718. The summed E-state index contributed by atoms with van der Waals surface area (Å²) < 4.78 is 17.6. The molecule has 0 aliphatic heterocycles. The largest absolute Gasteiger partial charge is 0.497 e. The van der Waals surface area contributed by atoms with E-state index in [1.165, 1.54) is 0 Å². The lowest BCUT2D eigenvalue weighted by molar-refractivity contribution is 0.413. The van der Waals surface area contributed by atoms with Crippen molar-refractivity contribution in [3.05, 3.63) is 29.8 Å². The average molecular weight is 311 g/mol. The van der Waals surface area contributed by atoms with E-state index in [-0.39, 0.29) is 6.04 Å². The van der Waals surface area contributed by atoms with Gasteiger partial charge in [-0.2, -0.15) is 0 Å². The number of methoxy groups -OCH3 is 1. The standard InChI is InChI=1S/C17H29NO2S/c1-5-10-18-17(13-21(19)11-9-14(2)3)15-7-6-8-16(12-15)20-4/h6-8,12,14,17-18H,5,9-11,13H2,1-4H3. The van der Waals surface area contributed by atoms with E-state index in [9.17, 15) is 4.21 Å². The first-order chi connectivity index (χ1) is 10.1. The van der Waals surface area contributed by atoms with Crippen LogP contribution in [0.3, 0.4) is 0 Å². The van der Waals surface area contributed by atoms with Crippen molar-refractivity contribution in [1.29, 1.82) is 0 Å². The van der Waals surface area contributed by atoms with Gasteiger partial charge in [-0.05, 0) is 43.0 Å². The molecule has 1 rings (SSSR count). The average Bonchev–Trinajstić information content (AvgIpc) is 2.49. The molecule has 2 unspecified atom stereocenters. The summed E-state index contributed by atoms with van der Waals surface area (Å²) in [6.07, 6.45) is 2.09. The molecule has 4 heteroatoms. The van der Waals surface area contributed by atoms with Gasteiger partial charge in [0.05, 0.1) is 7.11 Å². The van der Waals surface area contributed by atoms with Crippen molar-refractivity contribution in [2.45, 2.75) is 39.7 Å². The van der Waals surface area contributed by atoms with Crippen LogP contribution in [-0.4, -0.2) is 29.4 Å². The van der Waals surface area contributed by atoms with Gasteiger partial charge in [-0.1, -0.05) is 32.9 Å². The van der Waals surface area contributed by atoms with Crippen LogP contribution < -0.4 is 10.1 Å². The molecule has 0 spiro atoms. The lowest BCUT2D eigenvalue weighted by atomic mass is 10.1. The zero-order valence-corrected chi connectivity index (χ0v) is 14.5. The van der Waals surface area contributed by atoms with Gasteiger partial charge in [-0.3, -0.25) is 4.21 Å². The van der Waals surface area contributed by atoms with Crippen molar-refractivity contribution in [2.24, 2.45) is 5.92 Å². The summed E-state index contributed by atoms with van der Waals surface area (Å²) in [6, 6.07) is 8.18. The molecule has 0 heterocycles. The van der Waals surface area contributed by atoms with Crippen LogP contribution in [0.4, 0.5) is 0 Å². The van der Waals surface area contributed by atoms with Gasteiger partial charge < -0.3 is 10.1 Å². The fourth-order valence-corrected chi connectivity index (χ4v) is 3.67. The van der Waals surface area contributed by atoms with Gasteiger partial charge in [0, 0.05) is 28.3 Å². The Balaban J connectivity index is 2.72. The van der Waals surface area contributed by atoms with Gasteiger partial charge in [0.15, 0.2) is 0 Å². The summed E-state index contributed by atoms with van der Waals surface area (Å²) in [5, 5.41) is 3.51. The van der Waals surface area contributed by atoms with Crippen LogP contribution in [0.15, 0.2) is 24.3 Å². The molecule has 1 aromatic carbocycles. The number of ether oxygens (including phenoxy) is 1. The smallest absolute Gasteiger partial charge is 0.119 e. The van der Waals surface area contributed by atoms with E-state index in [2.05, 4.69) is 32.2 Å². The third kappa shape index (κ3) is 7.09. The molecule has 0 bridgehead atoms. The molecule has 0 saturated heterocycles. The number of nitrogens with one attached hydrogen (secondary N) is 1. The van der Waals surface area contributed by atoms with Crippen LogP contribution in [0.5, 0.6) is 5.75 Å². The Morgan fingerprint density at radius 3 is 2.71 bits per heavy atom. The van der Waals surface area contributed by atoms with E-state index in [4.69, 9.17) is 4.74 Å². The minimum atomic E-state index is -0.787. The molecular weight excluding hydrogens is 282 g/mol. The molecule has 0 radical (unpaired) electrons.